The maximum absolute atomic E-state index is 12.6. The molecule has 7 heteroatoms. The maximum Gasteiger partial charge on any atom is 0.234 e. The zero-order chi connectivity index (χ0) is 15.9. The summed E-state index contributed by atoms with van der Waals surface area (Å²) in [5, 5.41) is 15.9. The first-order valence-corrected chi connectivity index (χ1v) is 7.99. The van der Waals surface area contributed by atoms with Crippen LogP contribution in [0.15, 0.2) is 11.4 Å². The van der Waals surface area contributed by atoms with Gasteiger partial charge >= 0.3 is 0 Å². The molecule has 0 atom stereocenters. The molecule has 1 aromatic rings. The number of hydrogen-bond acceptors (Lipinski definition) is 5. The number of nitrogens with zero attached hydrogens (tertiary/aromatic N) is 2. The third-order valence-corrected chi connectivity index (χ3v) is 4.37. The van der Waals surface area contributed by atoms with Gasteiger partial charge in [-0.2, -0.15) is 0 Å². The molecule has 1 heterocycles. The molecule has 0 radical (unpaired) electrons. The first-order valence-electron chi connectivity index (χ1n) is 7.17. The summed E-state index contributed by atoms with van der Waals surface area (Å²) in [6.45, 7) is 6.29. The fourth-order valence-corrected chi connectivity index (χ4v) is 3.21. The minimum absolute atomic E-state index is 0.0148. The highest BCUT2D eigenvalue weighted by molar-refractivity contribution is 7.11. The summed E-state index contributed by atoms with van der Waals surface area (Å²) >= 11 is 1.54. The number of aromatic nitrogens is 1. The molecule has 0 saturated heterocycles. The van der Waals surface area contributed by atoms with Crippen LogP contribution in [-0.2, 0) is 11.3 Å². The van der Waals surface area contributed by atoms with E-state index in [1.807, 2.05) is 20.8 Å². The Labute approximate surface area is 129 Å². The van der Waals surface area contributed by atoms with Gasteiger partial charge in [0.15, 0.2) is 5.84 Å². The molecule has 21 heavy (non-hydrogen) atoms. The van der Waals surface area contributed by atoms with E-state index in [-0.39, 0.29) is 11.7 Å². The van der Waals surface area contributed by atoms with Crippen LogP contribution in [0.25, 0.3) is 0 Å². The van der Waals surface area contributed by atoms with E-state index in [9.17, 15) is 4.79 Å². The average molecular weight is 312 g/mol. The van der Waals surface area contributed by atoms with E-state index < -0.39 is 5.41 Å². The second kappa shape index (κ2) is 7.97. The molecule has 0 saturated carbocycles. The lowest BCUT2D eigenvalue weighted by atomic mass is 9.77. The van der Waals surface area contributed by atoms with E-state index in [2.05, 4.69) is 15.5 Å². The highest BCUT2D eigenvalue weighted by Gasteiger charge is 2.41. The number of amidine groups is 1. The first kappa shape index (κ1) is 17.4. The Hall–Kier alpha value is -1.63. The Morgan fingerprint density at radius 2 is 2.10 bits per heavy atom. The summed E-state index contributed by atoms with van der Waals surface area (Å²) in [6.07, 6.45) is 4.44. The number of oxime groups is 1. The van der Waals surface area contributed by atoms with E-state index in [4.69, 9.17) is 10.9 Å². The molecule has 0 bridgehead atoms. The van der Waals surface area contributed by atoms with Gasteiger partial charge in [0, 0.05) is 11.1 Å². The van der Waals surface area contributed by atoms with E-state index in [0.29, 0.717) is 19.4 Å². The highest BCUT2D eigenvalue weighted by Crippen LogP contribution is 2.31. The fourth-order valence-electron chi connectivity index (χ4n) is 2.48. The van der Waals surface area contributed by atoms with Crippen molar-refractivity contribution in [2.24, 2.45) is 16.3 Å². The van der Waals surface area contributed by atoms with Gasteiger partial charge in [-0.25, -0.2) is 4.98 Å². The fraction of sp³-hybridized carbons (Fsp3) is 0.643. The van der Waals surface area contributed by atoms with Crippen LogP contribution in [0.3, 0.4) is 0 Å². The topological polar surface area (TPSA) is 101 Å². The zero-order valence-electron chi connectivity index (χ0n) is 12.8. The molecule has 6 nitrogen and oxygen atoms in total. The van der Waals surface area contributed by atoms with Gasteiger partial charge in [-0.3, -0.25) is 4.79 Å². The van der Waals surface area contributed by atoms with E-state index in [1.165, 1.54) is 0 Å². The van der Waals surface area contributed by atoms with Crippen molar-refractivity contribution in [3.05, 3.63) is 16.1 Å². The van der Waals surface area contributed by atoms with Gasteiger partial charge in [-0.1, -0.05) is 31.8 Å². The van der Waals surface area contributed by atoms with Crippen LogP contribution in [0.4, 0.5) is 0 Å². The maximum atomic E-state index is 12.6. The van der Waals surface area contributed by atoms with Crippen LogP contribution in [0.1, 0.15) is 49.4 Å². The smallest absolute Gasteiger partial charge is 0.234 e. The largest absolute Gasteiger partial charge is 0.409 e. The Bertz CT molecular complexity index is 493. The van der Waals surface area contributed by atoms with Gasteiger partial charge in [0.1, 0.15) is 10.4 Å². The molecule has 0 unspecified atom stereocenters. The third kappa shape index (κ3) is 4.17. The minimum atomic E-state index is -0.940. The van der Waals surface area contributed by atoms with Gasteiger partial charge < -0.3 is 16.3 Å². The number of thiazole rings is 1. The Morgan fingerprint density at radius 3 is 2.52 bits per heavy atom. The van der Waals surface area contributed by atoms with Gasteiger partial charge in [0.2, 0.25) is 5.91 Å². The zero-order valence-corrected chi connectivity index (χ0v) is 13.7. The monoisotopic (exact) mass is 312 g/mol. The molecule has 0 aliphatic carbocycles. The lowest BCUT2D eigenvalue weighted by Gasteiger charge is -2.30. The summed E-state index contributed by atoms with van der Waals surface area (Å²) in [5.74, 6) is -0.214. The summed E-state index contributed by atoms with van der Waals surface area (Å²) < 4.78 is 0. The van der Waals surface area contributed by atoms with Crippen molar-refractivity contribution in [1.82, 2.24) is 10.3 Å². The van der Waals surface area contributed by atoms with Crippen LogP contribution >= 0.6 is 11.3 Å². The SMILES string of the molecule is CCCC(CCC)(C(=O)NCc1ncc(C)s1)/C(N)=N/O. The molecule has 0 aliphatic heterocycles. The normalized spacial score (nSPS) is 12.4. The van der Waals surface area contributed by atoms with Crippen LogP contribution in [-0.4, -0.2) is 21.9 Å². The molecule has 1 amide bonds. The summed E-state index contributed by atoms with van der Waals surface area (Å²) in [4.78, 5) is 17.9. The third-order valence-electron chi connectivity index (χ3n) is 3.46. The van der Waals surface area contributed by atoms with Crippen LogP contribution < -0.4 is 11.1 Å². The number of hydrogen-bond donors (Lipinski definition) is 3. The molecule has 0 aromatic carbocycles. The molecule has 0 spiro atoms. The predicted octanol–water partition coefficient (Wildman–Crippen LogP) is 2.40. The van der Waals surface area contributed by atoms with E-state index in [0.717, 1.165) is 22.7 Å². The second-order valence-electron chi connectivity index (χ2n) is 5.11. The first-order chi connectivity index (χ1) is 10.00. The van der Waals surface area contributed by atoms with Crippen molar-refractivity contribution in [3.63, 3.8) is 0 Å². The van der Waals surface area contributed by atoms with Gasteiger partial charge in [-0.15, -0.1) is 11.3 Å². The van der Waals surface area contributed by atoms with E-state index >= 15 is 0 Å². The van der Waals surface area contributed by atoms with Crippen LogP contribution in [0.5, 0.6) is 0 Å². The Balaban J connectivity index is 2.88. The number of rotatable bonds is 8. The number of nitrogens with one attached hydrogen (secondary N) is 1. The van der Waals surface area contributed by atoms with Gasteiger partial charge in [0.05, 0.1) is 6.54 Å². The molecule has 118 valence electrons. The Morgan fingerprint density at radius 1 is 1.48 bits per heavy atom. The quantitative estimate of drug-likeness (QED) is 0.297. The molecule has 1 aromatic heterocycles. The van der Waals surface area contributed by atoms with Crippen LogP contribution in [0.2, 0.25) is 0 Å². The van der Waals surface area contributed by atoms with Crippen molar-refractivity contribution in [2.75, 3.05) is 0 Å². The molecule has 1 rings (SSSR count). The minimum Gasteiger partial charge on any atom is -0.409 e. The number of amides is 1. The second-order valence-corrected chi connectivity index (χ2v) is 6.43. The lowest BCUT2D eigenvalue weighted by Crippen LogP contribution is -2.49. The highest BCUT2D eigenvalue weighted by atomic mass is 32.1. The van der Waals surface area contributed by atoms with Crippen molar-refractivity contribution in [3.8, 4) is 0 Å². The average Bonchev–Trinajstić information content (AvgIpc) is 2.89. The van der Waals surface area contributed by atoms with Gasteiger partial charge in [0.25, 0.3) is 0 Å². The molecule has 4 N–H and O–H groups in total. The van der Waals surface area contributed by atoms with E-state index in [1.54, 1.807) is 17.5 Å². The molecular formula is C14H24N4O2S. The summed E-state index contributed by atoms with van der Waals surface area (Å²) in [6, 6.07) is 0. The van der Waals surface area contributed by atoms with Crippen molar-refractivity contribution >= 4 is 23.1 Å². The number of nitrogens with two attached hydrogens (primary N) is 1. The summed E-state index contributed by atoms with van der Waals surface area (Å²) in [5.41, 5.74) is 4.88. The Kier molecular flexibility index (Phi) is 6.61. The van der Waals surface area contributed by atoms with Crippen molar-refractivity contribution in [1.29, 1.82) is 0 Å². The lowest BCUT2D eigenvalue weighted by molar-refractivity contribution is -0.128. The number of carbonyl (C=O) groups excluding carboxylic acids is 1. The van der Waals surface area contributed by atoms with Crippen molar-refractivity contribution in [2.45, 2.75) is 53.0 Å². The number of aryl methyl sites for hydroxylation is 1. The number of carbonyl (C=O) groups is 1. The summed E-state index contributed by atoms with van der Waals surface area (Å²) in [7, 11) is 0. The molecule has 0 aliphatic rings. The molecular weight excluding hydrogens is 288 g/mol. The van der Waals surface area contributed by atoms with Gasteiger partial charge in [-0.05, 0) is 19.8 Å². The predicted molar refractivity (Wildman–Crippen MR) is 84.4 cm³/mol. The van der Waals surface area contributed by atoms with Crippen molar-refractivity contribution < 1.29 is 10.0 Å². The van der Waals surface area contributed by atoms with Crippen LogP contribution in [0, 0.1) is 12.3 Å². The standard InChI is InChI=1S/C14H24N4O2S/c1-4-6-14(7-5-2,12(15)18-20)13(19)17-9-11-16-8-10(3)21-11/h8,20H,4-7,9H2,1-3H3,(H2,15,18)(H,17,19). The molecule has 0 fully saturated rings.